The van der Waals surface area contributed by atoms with Crippen LogP contribution in [0.15, 0.2) is 36.4 Å². The molecule has 116 valence electrons. The van der Waals surface area contributed by atoms with Crippen LogP contribution in [0.25, 0.3) is 0 Å². The Kier molecular flexibility index (Phi) is 8.26. The second-order valence-electron chi connectivity index (χ2n) is 4.71. The van der Waals surface area contributed by atoms with Crippen LogP contribution in [0.2, 0.25) is 0 Å². The third-order valence-electron chi connectivity index (χ3n) is 2.80. The summed E-state index contributed by atoms with van der Waals surface area (Å²) in [6, 6.07) is 0. The highest BCUT2D eigenvalue weighted by Crippen LogP contribution is 2.32. The van der Waals surface area contributed by atoms with Crippen molar-refractivity contribution in [3.63, 3.8) is 0 Å². The molecule has 1 unspecified atom stereocenters. The Morgan fingerprint density at radius 2 is 1.95 bits per heavy atom. The molecule has 1 nitrogen and oxygen atoms in total. The van der Waals surface area contributed by atoms with Gasteiger partial charge in [-0.15, -0.1) is 0 Å². The molecule has 0 aromatic rings. The number of alkyl halides is 3. The van der Waals surface area contributed by atoms with E-state index in [9.17, 15) is 17.6 Å². The minimum Gasteiger partial charge on any atom is -0.433 e. The van der Waals surface area contributed by atoms with Gasteiger partial charge in [0.15, 0.2) is 0 Å². The zero-order valence-corrected chi connectivity index (χ0v) is 12.0. The van der Waals surface area contributed by atoms with E-state index in [2.05, 4.69) is 17.9 Å². The highest BCUT2D eigenvalue weighted by atomic mass is 19.3. The van der Waals surface area contributed by atoms with Gasteiger partial charge in [-0.05, 0) is 24.8 Å². The van der Waals surface area contributed by atoms with Crippen molar-refractivity contribution in [3.05, 3.63) is 36.4 Å². The Balaban J connectivity index is 4.57. The van der Waals surface area contributed by atoms with Crippen molar-refractivity contribution < 1.29 is 22.3 Å². The Hall–Kier alpha value is -1.26. The molecule has 0 spiro atoms. The summed E-state index contributed by atoms with van der Waals surface area (Å²) in [5.74, 6) is -2.28. The molecule has 0 aliphatic carbocycles. The maximum absolute atomic E-state index is 13.6. The molecule has 0 aliphatic heterocycles. The second kappa shape index (κ2) is 8.82. The smallest absolute Gasteiger partial charge is 0.400 e. The fourth-order valence-corrected chi connectivity index (χ4v) is 1.55. The molecule has 0 radical (unpaired) electrons. The lowest BCUT2D eigenvalue weighted by Gasteiger charge is -2.24. The van der Waals surface area contributed by atoms with Crippen LogP contribution in [0.5, 0.6) is 0 Å². The van der Waals surface area contributed by atoms with Crippen molar-refractivity contribution in [3.8, 4) is 0 Å². The summed E-state index contributed by atoms with van der Waals surface area (Å²) in [6.07, 6.45) is -1.50. The molecule has 20 heavy (non-hydrogen) atoms. The number of ether oxygens (including phenoxy) is 1. The first kappa shape index (κ1) is 18.7. The van der Waals surface area contributed by atoms with Gasteiger partial charge in [0.1, 0.15) is 11.6 Å². The maximum atomic E-state index is 13.6. The highest BCUT2D eigenvalue weighted by Gasteiger charge is 2.38. The molecule has 0 N–H and O–H groups in total. The normalized spacial score (nSPS) is 14.0. The second-order valence-corrected chi connectivity index (χ2v) is 4.71. The summed E-state index contributed by atoms with van der Waals surface area (Å²) in [4.78, 5) is 0. The molecule has 0 heterocycles. The Bertz CT molecular complexity index is 361. The third-order valence-corrected chi connectivity index (χ3v) is 2.80. The summed E-state index contributed by atoms with van der Waals surface area (Å²) in [5.41, 5.74) is 0.0392. The predicted molar refractivity (Wildman–Crippen MR) is 72.8 cm³/mol. The van der Waals surface area contributed by atoms with Crippen molar-refractivity contribution in [2.75, 3.05) is 6.67 Å². The molecule has 0 aromatic carbocycles. The van der Waals surface area contributed by atoms with Crippen LogP contribution in [0.3, 0.4) is 0 Å². The van der Waals surface area contributed by atoms with Gasteiger partial charge in [0, 0.05) is 6.08 Å². The van der Waals surface area contributed by atoms with E-state index in [1.54, 1.807) is 6.92 Å². The zero-order valence-electron chi connectivity index (χ0n) is 12.0. The topological polar surface area (TPSA) is 9.23 Å². The van der Waals surface area contributed by atoms with Crippen molar-refractivity contribution in [1.82, 2.24) is 0 Å². The van der Waals surface area contributed by atoms with Gasteiger partial charge in [-0.1, -0.05) is 33.4 Å². The lowest BCUT2D eigenvalue weighted by atomic mass is 10.1. The summed E-state index contributed by atoms with van der Waals surface area (Å²) in [6.45, 7) is 9.22. The Labute approximate surface area is 118 Å². The van der Waals surface area contributed by atoms with Crippen LogP contribution in [0, 0.1) is 5.92 Å². The molecule has 0 rings (SSSR count). The number of halogens is 4. The summed E-state index contributed by atoms with van der Waals surface area (Å²) < 4.78 is 57.1. The molecule has 0 aliphatic rings. The quantitative estimate of drug-likeness (QED) is 0.285. The van der Waals surface area contributed by atoms with E-state index in [1.165, 1.54) is 6.92 Å². The van der Waals surface area contributed by atoms with Crippen LogP contribution in [0.1, 0.15) is 39.5 Å². The number of hydrogen-bond acceptors (Lipinski definition) is 1. The summed E-state index contributed by atoms with van der Waals surface area (Å²) in [7, 11) is 0. The minimum atomic E-state index is -3.40. The number of allylic oxidation sites excluding steroid dienone is 3. The average molecular weight is 294 g/mol. The number of hydrogen-bond donors (Lipinski definition) is 0. The van der Waals surface area contributed by atoms with Gasteiger partial charge in [-0.2, -0.15) is 8.78 Å². The summed E-state index contributed by atoms with van der Waals surface area (Å²) in [5, 5.41) is 0. The Morgan fingerprint density at radius 3 is 2.45 bits per heavy atom. The van der Waals surface area contributed by atoms with E-state index in [0.29, 0.717) is 6.42 Å². The van der Waals surface area contributed by atoms with E-state index in [4.69, 9.17) is 0 Å². The first-order chi connectivity index (χ1) is 9.24. The third kappa shape index (κ3) is 6.78. The molecule has 1 atom stereocenters. The molecule has 5 heteroatoms. The Morgan fingerprint density at radius 1 is 1.35 bits per heavy atom. The van der Waals surface area contributed by atoms with Crippen molar-refractivity contribution in [2.45, 2.75) is 45.6 Å². The lowest BCUT2D eigenvalue weighted by molar-refractivity contribution is -0.244. The predicted octanol–water partition coefficient (Wildman–Crippen LogP) is 5.71. The molecule has 0 saturated carbocycles. The fourth-order valence-electron chi connectivity index (χ4n) is 1.55. The molecule has 0 fully saturated rings. The first-order valence-electron chi connectivity index (χ1n) is 6.61. The fraction of sp³-hybridized carbons (Fsp3) is 0.600. The van der Waals surface area contributed by atoms with Gasteiger partial charge in [0.25, 0.3) is 0 Å². The van der Waals surface area contributed by atoms with Gasteiger partial charge in [0.05, 0.1) is 12.6 Å². The van der Waals surface area contributed by atoms with E-state index >= 15 is 0 Å². The van der Waals surface area contributed by atoms with Crippen molar-refractivity contribution in [1.29, 1.82) is 0 Å². The van der Waals surface area contributed by atoms with Crippen LogP contribution < -0.4 is 0 Å². The summed E-state index contributed by atoms with van der Waals surface area (Å²) >= 11 is 0. The largest absolute Gasteiger partial charge is 0.433 e. The number of rotatable bonds is 10. The van der Waals surface area contributed by atoms with E-state index < -0.39 is 30.3 Å². The maximum Gasteiger partial charge on any atom is 0.400 e. The SMILES string of the molecule is C=C(/C=C(/F)C(=C)CCCF)OC(F)(F)C(C)CCC. The minimum absolute atomic E-state index is 0.0392. The van der Waals surface area contributed by atoms with Crippen LogP contribution in [-0.4, -0.2) is 12.8 Å². The van der Waals surface area contributed by atoms with E-state index in [1.807, 2.05) is 0 Å². The molecule has 0 amide bonds. The molecule has 0 saturated heterocycles. The van der Waals surface area contributed by atoms with E-state index in [-0.39, 0.29) is 24.8 Å². The molecular formula is C15H22F4O. The van der Waals surface area contributed by atoms with Gasteiger partial charge in [0.2, 0.25) is 0 Å². The first-order valence-corrected chi connectivity index (χ1v) is 6.61. The zero-order chi connectivity index (χ0) is 15.8. The standard InChI is InChI=1S/C15H22F4O/c1-5-7-12(3)15(18,19)20-13(4)10-14(17)11(2)8-6-9-16/h10,12H,2,4-9H2,1,3H3/b14-10+. The van der Waals surface area contributed by atoms with Crippen LogP contribution in [-0.2, 0) is 4.74 Å². The van der Waals surface area contributed by atoms with Gasteiger partial charge in [-0.3, -0.25) is 4.39 Å². The molecule has 0 bridgehead atoms. The molecule has 0 aromatic heterocycles. The van der Waals surface area contributed by atoms with Crippen molar-refractivity contribution in [2.24, 2.45) is 5.92 Å². The molecular weight excluding hydrogens is 272 g/mol. The van der Waals surface area contributed by atoms with E-state index in [0.717, 1.165) is 6.08 Å². The highest BCUT2D eigenvalue weighted by molar-refractivity contribution is 5.27. The van der Waals surface area contributed by atoms with Crippen LogP contribution in [0.4, 0.5) is 17.6 Å². The van der Waals surface area contributed by atoms with Crippen LogP contribution >= 0.6 is 0 Å². The van der Waals surface area contributed by atoms with Gasteiger partial charge in [-0.25, -0.2) is 4.39 Å². The van der Waals surface area contributed by atoms with Crippen molar-refractivity contribution >= 4 is 0 Å². The lowest BCUT2D eigenvalue weighted by Crippen LogP contribution is -2.28. The monoisotopic (exact) mass is 294 g/mol. The average Bonchev–Trinajstić information content (AvgIpc) is 2.35. The van der Waals surface area contributed by atoms with Gasteiger partial charge >= 0.3 is 6.11 Å². The van der Waals surface area contributed by atoms with Gasteiger partial charge < -0.3 is 4.74 Å².